The second-order valence-corrected chi connectivity index (χ2v) is 17.4. The average Bonchev–Trinajstić information content (AvgIpc) is 3.63. The van der Waals surface area contributed by atoms with Crippen molar-refractivity contribution in [1.82, 2.24) is 19.3 Å². The number of halogens is 3. The summed E-state index contributed by atoms with van der Waals surface area (Å²) in [5.41, 5.74) is 4.20. The molecule has 5 aromatic rings. The first-order valence-electron chi connectivity index (χ1n) is 18.2. The van der Waals surface area contributed by atoms with Crippen LogP contribution >= 0.6 is 23.3 Å². The number of hydrogen-bond acceptors (Lipinski definition) is 10. The molecule has 1 atom stereocenters. The number of aryl methyl sites for hydroxylation is 1. The quantitative estimate of drug-likeness (QED) is 0.127. The Hall–Kier alpha value is -4.18. The van der Waals surface area contributed by atoms with Gasteiger partial charge in [0.2, 0.25) is 5.95 Å². The standard InChI is InChI=1S/C40H44F3N7O2S3/c1-24(2)38-47-35(26-8-6-11-29(34(26)43)48-55(51)37-27(41)9-7-10-28(37)42)36(54-38)30-12-17-44-39(45-30)46-31-22-25(3)32(23-33(31)52-4)49-18-13-40(14-19-49)15-20-50(53-5)21-16-40/h6-12,17,22-24,48H,13-16,18-21H2,1-5H3,(H,44,45,46). The van der Waals surface area contributed by atoms with E-state index in [4.69, 9.17) is 14.7 Å². The van der Waals surface area contributed by atoms with Crippen molar-refractivity contribution in [2.45, 2.75) is 57.3 Å². The largest absolute Gasteiger partial charge is 0.494 e. The van der Waals surface area contributed by atoms with Crippen LogP contribution in [0.3, 0.4) is 0 Å². The predicted molar refractivity (Wildman–Crippen MR) is 218 cm³/mol. The van der Waals surface area contributed by atoms with E-state index in [0.717, 1.165) is 60.3 Å². The number of piperidine rings is 2. The third-order valence-corrected chi connectivity index (χ3v) is 14.0. The van der Waals surface area contributed by atoms with Gasteiger partial charge in [-0.05, 0) is 86.2 Å². The van der Waals surface area contributed by atoms with E-state index in [0.29, 0.717) is 33.4 Å². The summed E-state index contributed by atoms with van der Waals surface area (Å²) < 4.78 is 68.7. The number of benzene rings is 3. The van der Waals surface area contributed by atoms with Crippen LogP contribution in [0.25, 0.3) is 21.8 Å². The van der Waals surface area contributed by atoms with E-state index in [9.17, 15) is 13.0 Å². The van der Waals surface area contributed by atoms with E-state index in [-0.39, 0.29) is 17.2 Å². The molecule has 2 aliphatic rings. The molecule has 2 N–H and O–H groups in total. The van der Waals surface area contributed by atoms with Crippen molar-refractivity contribution >= 4 is 57.3 Å². The van der Waals surface area contributed by atoms with Gasteiger partial charge in [0.05, 0.1) is 39.8 Å². The molecule has 0 saturated carbocycles. The monoisotopic (exact) mass is 807 g/mol. The molecule has 7 rings (SSSR count). The predicted octanol–water partition coefficient (Wildman–Crippen LogP) is 9.96. The molecule has 2 aliphatic heterocycles. The molecule has 9 nitrogen and oxygen atoms in total. The smallest absolute Gasteiger partial charge is 0.227 e. The van der Waals surface area contributed by atoms with Gasteiger partial charge >= 0.3 is 0 Å². The lowest BCUT2D eigenvalue weighted by molar-refractivity contribution is 0.124. The van der Waals surface area contributed by atoms with Crippen LogP contribution in [-0.4, -0.2) is 63.0 Å². The van der Waals surface area contributed by atoms with Crippen molar-refractivity contribution in [3.8, 4) is 27.6 Å². The third-order valence-electron chi connectivity index (χ3n) is 10.6. The van der Waals surface area contributed by atoms with Crippen LogP contribution in [0.2, 0.25) is 0 Å². The third kappa shape index (κ3) is 8.21. The molecule has 15 heteroatoms. The van der Waals surface area contributed by atoms with Gasteiger partial charge < -0.3 is 15.0 Å². The maximum atomic E-state index is 16.2. The molecule has 290 valence electrons. The number of thiazole rings is 1. The first-order chi connectivity index (χ1) is 26.5. The van der Waals surface area contributed by atoms with E-state index in [1.165, 1.54) is 49.2 Å². The van der Waals surface area contributed by atoms with Crippen molar-refractivity contribution in [3.63, 3.8) is 0 Å². The van der Waals surface area contributed by atoms with E-state index < -0.39 is 33.3 Å². The van der Waals surface area contributed by atoms with Crippen molar-refractivity contribution in [1.29, 1.82) is 0 Å². The lowest BCUT2D eigenvalue weighted by atomic mass is 9.71. The summed E-state index contributed by atoms with van der Waals surface area (Å²) >= 11 is 3.24. The van der Waals surface area contributed by atoms with Crippen molar-refractivity contribution in [2.24, 2.45) is 5.41 Å². The zero-order chi connectivity index (χ0) is 38.9. The molecule has 0 radical (unpaired) electrons. The van der Waals surface area contributed by atoms with Crippen molar-refractivity contribution in [3.05, 3.63) is 88.8 Å². The Labute approximate surface area is 330 Å². The first-order valence-corrected chi connectivity index (χ1v) is 21.4. The summed E-state index contributed by atoms with van der Waals surface area (Å²) in [7, 11) is -0.761. The van der Waals surface area contributed by atoms with Crippen LogP contribution in [0.15, 0.2) is 65.7 Å². The fourth-order valence-electron chi connectivity index (χ4n) is 7.36. The number of methoxy groups -OCH3 is 1. The lowest BCUT2D eigenvalue weighted by Gasteiger charge is -2.47. The molecule has 0 aliphatic carbocycles. The zero-order valence-corrected chi connectivity index (χ0v) is 33.9. The number of hydrogen-bond donors (Lipinski definition) is 2. The molecule has 0 amide bonds. The highest BCUT2D eigenvalue weighted by molar-refractivity contribution is 7.96. The average molecular weight is 808 g/mol. The number of ether oxygens (including phenoxy) is 1. The Morgan fingerprint density at radius 3 is 2.31 bits per heavy atom. The second-order valence-electron chi connectivity index (χ2n) is 14.3. The van der Waals surface area contributed by atoms with Gasteiger partial charge in [-0.15, -0.1) is 11.3 Å². The maximum Gasteiger partial charge on any atom is 0.227 e. The Morgan fingerprint density at radius 1 is 0.945 bits per heavy atom. The van der Waals surface area contributed by atoms with Gasteiger partial charge in [0, 0.05) is 55.6 Å². The molecule has 2 fully saturated rings. The Kier molecular flexibility index (Phi) is 11.7. The van der Waals surface area contributed by atoms with Crippen LogP contribution in [0, 0.1) is 29.8 Å². The van der Waals surface area contributed by atoms with Gasteiger partial charge in [0.15, 0.2) is 16.8 Å². The van der Waals surface area contributed by atoms with Crippen LogP contribution in [0.5, 0.6) is 5.75 Å². The topological polar surface area (TPSA) is 95.5 Å². The summed E-state index contributed by atoms with van der Waals surface area (Å²) in [4.78, 5) is 16.5. The van der Waals surface area contributed by atoms with Crippen molar-refractivity contribution < 1.29 is 22.1 Å². The zero-order valence-electron chi connectivity index (χ0n) is 31.4. The molecule has 55 heavy (non-hydrogen) atoms. The van der Waals surface area contributed by atoms with Crippen LogP contribution < -0.4 is 19.7 Å². The van der Waals surface area contributed by atoms with Gasteiger partial charge in [-0.25, -0.2) is 32.3 Å². The van der Waals surface area contributed by atoms with E-state index in [1.807, 2.05) is 25.8 Å². The number of aromatic nitrogens is 3. The molecule has 3 aromatic carbocycles. The minimum atomic E-state index is -2.41. The summed E-state index contributed by atoms with van der Waals surface area (Å²) in [5, 5.41) is 4.11. The number of nitrogens with one attached hydrogen (secondary N) is 2. The summed E-state index contributed by atoms with van der Waals surface area (Å²) in [6.07, 6.45) is 8.69. The Morgan fingerprint density at radius 2 is 1.64 bits per heavy atom. The molecule has 1 unspecified atom stereocenters. The molecule has 2 saturated heterocycles. The highest BCUT2D eigenvalue weighted by atomic mass is 32.2. The van der Waals surface area contributed by atoms with Gasteiger partial charge in [-0.2, -0.15) is 0 Å². The molecule has 1 spiro atoms. The minimum absolute atomic E-state index is 0.0298. The van der Waals surface area contributed by atoms with Gasteiger partial charge in [-0.3, -0.25) is 9.03 Å². The molecular formula is C40H44F3N7O2S3. The SMILES string of the molecule is COc1cc(N2CCC3(CCN(SC)CC3)CC2)c(C)cc1Nc1nccc(-c2sc(C(C)C)nc2-c2cccc(NS(=O)c3c(F)cccc3F)c2F)n1. The number of nitrogens with zero attached hydrogens (tertiary/aromatic N) is 5. The number of anilines is 4. The van der Waals surface area contributed by atoms with E-state index >= 15 is 4.39 Å². The summed E-state index contributed by atoms with van der Waals surface area (Å²) in [5.74, 6) is -1.75. The Balaban J connectivity index is 1.14. The molecular weight excluding hydrogens is 764 g/mol. The Bertz CT molecular complexity index is 2180. The van der Waals surface area contributed by atoms with Gasteiger partial charge in [-0.1, -0.05) is 37.9 Å². The molecule has 4 heterocycles. The fourth-order valence-corrected chi connectivity index (χ4v) is 9.91. The normalized spacial score (nSPS) is 16.4. The lowest BCUT2D eigenvalue weighted by Crippen LogP contribution is -2.45. The fraction of sp³-hybridized carbons (Fsp3) is 0.375. The highest BCUT2D eigenvalue weighted by Gasteiger charge is 2.38. The van der Waals surface area contributed by atoms with Gasteiger partial charge in [0.1, 0.15) is 22.3 Å². The van der Waals surface area contributed by atoms with Crippen LogP contribution in [-0.2, 0) is 11.0 Å². The van der Waals surface area contributed by atoms with Crippen molar-refractivity contribution in [2.75, 3.05) is 54.5 Å². The molecule has 0 bridgehead atoms. The summed E-state index contributed by atoms with van der Waals surface area (Å²) in [6, 6.07) is 13.5. The maximum absolute atomic E-state index is 16.2. The molecule has 2 aromatic heterocycles. The van der Waals surface area contributed by atoms with Crippen LogP contribution in [0.4, 0.5) is 36.2 Å². The minimum Gasteiger partial charge on any atom is -0.494 e. The first kappa shape index (κ1) is 39.1. The van der Waals surface area contributed by atoms with E-state index in [1.54, 1.807) is 31.5 Å². The number of rotatable bonds is 11. The summed E-state index contributed by atoms with van der Waals surface area (Å²) in [6.45, 7) is 10.4. The highest BCUT2D eigenvalue weighted by Crippen LogP contribution is 2.45. The van der Waals surface area contributed by atoms with E-state index in [2.05, 4.69) is 49.5 Å². The second kappa shape index (κ2) is 16.5. The van der Waals surface area contributed by atoms with Crippen LogP contribution in [0.1, 0.15) is 56.0 Å². The van der Waals surface area contributed by atoms with Gasteiger partial charge in [0.25, 0.3) is 0 Å².